The molecular weight excluding hydrogens is 324 g/mol. The summed E-state index contributed by atoms with van der Waals surface area (Å²) in [5.74, 6) is 0. The number of rotatable bonds is 3. The quantitative estimate of drug-likeness (QED) is 0.591. The van der Waals surface area contributed by atoms with Crippen LogP contribution in [0, 0.1) is 5.21 Å². The van der Waals surface area contributed by atoms with E-state index in [-0.39, 0.29) is 16.1 Å². The van der Waals surface area contributed by atoms with Gasteiger partial charge in [0.25, 0.3) is 10.0 Å². The van der Waals surface area contributed by atoms with E-state index >= 15 is 0 Å². The van der Waals surface area contributed by atoms with E-state index in [1.54, 1.807) is 30.3 Å². The van der Waals surface area contributed by atoms with Gasteiger partial charge in [-0.25, -0.2) is 8.42 Å². The first-order chi connectivity index (χ1) is 10.5. The van der Waals surface area contributed by atoms with Crippen molar-refractivity contribution in [2.45, 2.75) is 4.90 Å². The lowest BCUT2D eigenvalue weighted by atomic mass is 10.2. The molecule has 0 radical (unpaired) electrons. The summed E-state index contributed by atoms with van der Waals surface area (Å²) < 4.78 is 27.8. The van der Waals surface area contributed by atoms with Crippen LogP contribution in [0.25, 0.3) is 10.9 Å². The monoisotopic (exact) mass is 334 g/mol. The topological polar surface area (TPSA) is 73.1 Å². The number of hydrogen-bond acceptors (Lipinski definition) is 3. The molecule has 5 nitrogen and oxygen atoms in total. The zero-order valence-electron chi connectivity index (χ0n) is 11.2. The molecule has 0 amide bonds. The molecule has 0 saturated heterocycles. The Bertz CT molecular complexity index is 944. The molecule has 0 spiro atoms. The maximum Gasteiger partial charge on any atom is 0.262 e. The third-order valence-corrected chi connectivity index (χ3v) is 4.88. The fourth-order valence-electron chi connectivity index (χ4n) is 2.16. The highest BCUT2D eigenvalue weighted by atomic mass is 35.5. The molecule has 0 fully saturated rings. The van der Waals surface area contributed by atoms with Crippen molar-refractivity contribution in [3.8, 4) is 0 Å². The van der Waals surface area contributed by atoms with Crippen LogP contribution >= 0.6 is 11.6 Å². The number of fused-ring (bicyclic) bond motifs is 1. The number of aromatic nitrogens is 1. The molecular formula is C15H11ClN2O3S. The fourth-order valence-corrected chi connectivity index (χ4v) is 3.45. The van der Waals surface area contributed by atoms with Gasteiger partial charge in [-0.05, 0) is 24.3 Å². The summed E-state index contributed by atoms with van der Waals surface area (Å²) in [6.07, 6.45) is 1.24. The first-order valence-corrected chi connectivity index (χ1v) is 8.23. The highest BCUT2D eigenvalue weighted by Gasteiger charge is 2.19. The first-order valence-electron chi connectivity index (χ1n) is 6.37. The molecule has 0 saturated carbocycles. The van der Waals surface area contributed by atoms with E-state index in [0.29, 0.717) is 15.1 Å². The Kier molecular flexibility index (Phi) is 3.64. The van der Waals surface area contributed by atoms with Gasteiger partial charge in [0.2, 0.25) is 5.52 Å². The van der Waals surface area contributed by atoms with Crippen molar-refractivity contribution in [3.63, 3.8) is 0 Å². The van der Waals surface area contributed by atoms with Crippen molar-refractivity contribution >= 4 is 38.2 Å². The Morgan fingerprint density at radius 2 is 1.73 bits per heavy atom. The number of nitrogens with one attached hydrogen (secondary N) is 1. The van der Waals surface area contributed by atoms with Gasteiger partial charge in [0.05, 0.1) is 15.3 Å². The summed E-state index contributed by atoms with van der Waals surface area (Å²) in [5, 5.41) is 12.9. The molecule has 0 bridgehead atoms. The number of halogens is 1. The maximum atomic E-state index is 12.4. The molecule has 112 valence electrons. The number of para-hydroxylation sites is 1. The molecule has 2 aromatic carbocycles. The molecule has 0 aliphatic carbocycles. The van der Waals surface area contributed by atoms with Crippen LogP contribution in [0.3, 0.4) is 0 Å². The van der Waals surface area contributed by atoms with E-state index in [1.165, 1.54) is 30.5 Å². The summed E-state index contributed by atoms with van der Waals surface area (Å²) in [6, 6.07) is 14.2. The van der Waals surface area contributed by atoms with Crippen LogP contribution < -0.4 is 9.45 Å². The number of anilines is 1. The van der Waals surface area contributed by atoms with E-state index in [0.717, 1.165) is 0 Å². The molecule has 0 unspecified atom stereocenters. The van der Waals surface area contributed by atoms with Gasteiger partial charge in [-0.15, -0.1) is 0 Å². The SMILES string of the molecule is O=S(=O)(Nc1cccc2c(Cl)cc[n+]([O-])c12)c1ccccc1. The molecule has 0 aliphatic rings. The largest absolute Gasteiger partial charge is 0.618 e. The predicted octanol–water partition coefficient (Wildman–Crippen LogP) is 2.93. The Labute approximate surface area is 132 Å². The number of benzene rings is 2. The molecule has 1 aromatic heterocycles. The second-order valence-corrected chi connectivity index (χ2v) is 6.70. The third kappa shape index (κ3) is 2.58. The Hall–Kier alpha value is -2.31. The highest BCUT2D eigenvalue weighted by Crippen LogP contribution is 2.27. The highest BCUT2D eigenvalue weighted by molar-refractivity contribution is 7.92. The standard InChI is InChI=1S/C15H11ClN2O3S/c16-13-9-10-18(19)15-12(13)7-4-8-14(15)17-22(20,21)11-5-2-1-3-6-11/h1-10,17H. The molecule has 1 heterocycles. The Morgan fingerprint density at radius 1 is 1.00 bits per heavy atom. The smallest absolute Gasteiger partial charge is 0.262 e. The van der Waals surface area contributed by atoms with Crippen molar-refractivity contribution in [1.29, 1.82) is 0 Å². The van der Waals surface area contributed by atoms with E-state index in [2.05, 4.69) is 4.72 Å². The van der Waals surface area contributed by atoms with Crippen LogP contribution in [0.1, 0.15) is 0 Å². The second-order valence-electron chi connectivity index (χ2n) is 4.61. The Balaban J connectivity index is 2.15. The zero-order chi connectivity index (χ0) is 15.7. The van der Waals surface area contributed by atoms with Gasteiger partial charge < -0.3 is 5.21 Å². The molecule has 1 N–H and O–H groups in total. The average molecular weight is 335 g/mol. The van der Waals surface area contributed by atoms with Crippen molar-refractivity contribution < 1.29 is 13.1 Å². The van der Waals surface area contributed by atoms with Crippen LogP contribution in [0.15, 0.2) is 65.7 Å². The normalized spacial score (nSPS) is 11.5. The molecule has 0 atom stereocenters. The van der Waals surface area contributed by atoms with Crippen LogP contribution in [-0.4, -0.2) is 8.42 Å². The predicted molar refractivity (Wildman–Crippen MR) is 85.2 cm³/mol. The summed E-state index contributed by atoms with van der Waals surface area (Å²) >= 11 is 6.06. The number of nitrogens with zero attached hydrogens (tertiary/aromatic N) is 1. The lowest BCUT2D eigenvalue weighted by Gasteiger charge is -2.11. The van der Waals surface area contributed by atoms with Crippen LogP contribution in [0.5, 0.6) is 0 Å². The minimum absolute atomic E-state index is 0.117. The van der Waals surface area contributed by atoms with Gasteiger partial charge in [0.1, 0.15) is 5.69 Å². The molecule has 7 heteroatoms. The lowest BCUT2D eigenvalue weighted by Crippen LogP contribution is -2.28. The molecule has 22 heavy (non-hydrogen) atoms. The van der Waals surface area contributed by atoms with Gasteiger partial charge in [-0.2, -0.15) is 4.73 Å². The lowest BCUT2D eigenvalue weighted by molar-refractivity contribution is -0.576. The van der Waals surface area contributed by atoms with Gasteiger partial charge in [0.15, 0.2) is 6.20 Å². The van der Waals surface area contributed by atoms with Crippen molar-refractivity contribution in [2.24, 2.45) is 0 Å². The van der Waals surface area contributed by atoms with Gasteiger partial charge in [-0.1, -0.05) is 35.9 Å². The summed E-state index contributed by atoms with van der Waals surface area (Å²) in [6.45, 7) is 0. The van der Waals surface area contributed by atoms with Crippen molar-refractivity contribution in [3.05, 3.63) is 71.0 Å². The van der Waals surface area contributed by atoms with Gasteiger partial charge >= 0.3 is 0 Å². The van der Waals surface area contributed by atoms with Crippen molar-refractivity contribution in [1.82, 2.24) is 0 Å². The summed E-state index contributed by atoms with van der Waals surface area (Å²) in [7, 11) is -3.78. The molecule has 3 rings (SSSR count). The number of hydrogen-bond donors (Lipinski definition) is 1. The first kappa shape index (κ1) is 14.6. The van der Waals surface area contributed by atoms with E-state index in [9.17, 15) is 13.6 Å². The fraction of sp³-hybridized carbons (Fsp3) is 0. The second kappa shape index (κ2) is 5.47. The average Bonchev–Trinajstić information content (AvgIpc) is 2.52. The minimum atomic E-state index is -3.78. The van der Waals surface area contributed by atoms with Crippen LogP contribution in [0.4, 0.5) is 5.69 Å². The summed E-state index contributed by atoms with van der Waals surface area (Å²) in [5.41, 5.74) is 0.355. The molecule has 0 aliphatic heterocycles. The Morgan fingerprint density at radius 3 is 2.45 bits per heavy atom. The molecule has 3 aromatic rings. The van der Waals surface area contributed by atoms with Crippen LogP contribution in [-0.2, 0) is 10.0 Å². The third-order valence-electron chi connectivity index (χ3n) is 3.17. The van der Waals surface area contributed by atoms with Gasteiger partial charge in [0, 0.05) is 6.07 Å². The number of sulfonamides is 1. The van der Waals surface area contributed by atoms with E-state index in [4.69, 9.17) is 11.6 Å². The minimum Gasteiger partial charge on any atom is -0.618 e. The van der Waals surface area contributed by atoms with Gasteiger partial charge in [-0.3, -0.25) is 4.72 Å². The van der Waals surface area contributed by atoms with Crippen LogP contribution in [0.2, 0.25) is 5.02 Å². The van der Waals surface area contributed by atoms with Crippen molar-refractivity contribution in [2.75, 3.05) is 4.72 Å². The zero-order valence-corrected chi connectivity index (χ0v) is 12.8. The summed E-state index contributed by atoms with van der Waals surface area (Å²) in [4.78, 5) is 0.117. The van der Waals surface area contributed by atoms with E-state index in [1.807, 2.05) is 0 Å². The van der Waals surface area contributed by atoms with E-state index < -0.39 is 10.0 Å². The maximum absolute atomic E-state index is 12.4. The number of pyridine rings is 1.